The Bertz CT molecular complexity index is 333. The van der Waals surface area contributed by atoms with Crippen molar-refractivity contribution in [1.82, 2.24) is 0 Å². The highest BCUT2D eigenvalue weighted by Crippen LogP contribution is 2.37. The van der Waals surface area contributed by atoms with Gasteiger partial charge in [0.2, 0.25) is 0 Å². The van der Waals surface area contributed by atoms with Gasteiger partial charge in [-0.05, 0) is 55.2 Å². The van der Waals surface area contributed by atoms with Crippen LogP contribution in [0.2, 0.25) is 0 Å². The number of hydrogen-bond donors (Lipinski definition) is 0. The second kappa shape index (κ2) is 7.33. The highest BCUT2D eigenvalue weighted by molar-refractivity contribution is 9.10. The number of halogens is 1. The zero-order valence-corrected chi connectivity index (χ0v) is 13.1. The van der Waals surface area contributed by atoms with E-state index in [0.717, 1.165) is 11.8 Å². The molecule has 2 rings (SSSR count). The first kappa shape index (κ1) is 14.1. The van der Waals surface area contributed by atoms with Crippen molar-refractivity contribution in [3.05, 3.63) is 34.3 Å². The van der Waals surface area contributed by atoms with Gasteiger partial charge in [0.15, 0.2) is 0 Å². The molecule has 0 aliphatic heterocycles. The number of unbranched alkanes of at least 4 members (excludes halogenated alkanes) is 2. The molecule has 1 aromatic rings. The maximum absolute atomic E-state index is 3.51. The van der Waals surface area contributed by atoms with Crippen LogP contribution in [0.4, 0.5) is 0 Å². The maximum atomic E-state index is 3.51. The van der Waals surface area contributed by atoms with E-state index in [1.165, 1.54) is 55.8 Å². The molecule has 1 aliphatic carbocycles. The van der Waals surface area contributed by atoms with Crippen molar-refractivity contribution in [3.8, 4) is 0 Å². The highest BCUT2D eigenvalue weighted by atomic mass is 79.9. The third-order valence-corrected chi connectivity index (χ3v) is 4.93. The predicted octanol–water partition coefficient (Wildman–Crippen LogP) is 6.30. The molecule has 0 spiro atoms. The summed E-state index contributed by atoms with van der Waals surface area (Å²) in [7, 11) is 0. The molecule has 0 unspecified atom stereocenters. The summed E-state index contributed by atoms with van der Waals surface area (Å²) in [4.78, 5) is 0. The molecule has 0 N–H and O–H groups in total. The fourth-order valence-corrected chi connectivity index (χ4v) is 3.47. The van der Waals surface area contributed by atoms with E-state index in [2.05, 4.69) is 47.1 Å². The van der Waals surface area contributed by atoms with Crippen molar-refractivity contribution in [2.75, 3.05) is 0 Å². The van der Waals surface area contributed by atoms with E-state index in [1.807, 2.05) is 0 Å². The Morgan fingerprint density at radius 1 is 1.00 bits per heavy atom. The maximum Gasteiger partial charge on any atom is 0.0175 e. The molecule has 1 saturated carbocycles. The van der Waals surface area contributed by atoms with Gasteiger partial charge < -0.3 is 0 Å². The van der Waals surface area contributed by atoms with Gasteiger partial charge in [-0.1, -0.05) is 60.7 Å². The van der Waals surface area contributed by atoms with Crippen LogP contribution in [0.25, 0.3) is 0 Å². The Morgan fingerprint density at radius 2 is 1.67 bits per heavy atom. The monoisotopic (exact) mass is 308 g/mol. The van der Waals surface area contributed by atoms with Crippen LogP contribution in [0.15, 0.2) is 28.7 Å². The van der Waals surface area contributed by atoms with Gasteiger partial charge in [-0.2, -0.15) is 0 Å². The Hall–Kier alpha value is -0.300. The topological polar surface area (TPSA) is 0 Å². The van der Waals surface area contributed by atoms with Gasteiger partial charge in [0.1, 0.15) is 0 Å². The summed E-state index contributed by atoms with van der Waals surface area (Å²) in [6, 6.07) is 8.96. The summed E-state index contributed by atoms with van der Waals surface area (Å²) in [5.74, 6) is 1.84. The first-order chi connectivity index (χ1) is 8.79. The van der Waals surface area contributed by atoms with Crippen molar-refractivity contribution >= 4 is 15.9 Å². The Morgan fingerprint density at radius 3 is 2.28 bits per heavy atom. The van der Waals surface area contributed by atoms with Gasteiger partial charge in [0.05, 0.1) is 0 Å². The lowest BCUT2D eigenvalue weighted by molar-refractivity contribution is 0.303. The van der Waals surface area contributed by atoms with Crippen LogP contribution >= 0.6 is 15.9 Å². The fraction of sp³-hybridized carbons (Fsp3) is 0.647. The molecule has 0 bridgehead atoms. The van der Waals surface area contributed by atoms with Crippen LogP contribution in [-0.2, 0) is 0 Å². The summed E-state index contributed by atoms with van der Waals surface area (Å²) >= 11 is 3.51. The SMILES string of the molecule is CCCCCC1CCC(c2ccc(Br)cc2)CC1. The molecule has 1 fully saturated rings. The van der Waals surface area contributed by atoms with Crippen LogP contribution < -0.4 is 0 Å². The van der Waals surface area contributed by atoms with Gasteiger partial charge in [0.25, 0.3) is 0 Å². The predicted molar refractivity (Wildman–Crippen MR) is 83.0 cm³/mol. The molecular formula is C17H25Br. The standard InChI is InChI=1S/C17H25Br/c1-2-3-4-5-14-6-8-15(9-7-14)16-10-12-17(18)13-11-16/h10-15H,2-9H2,1H3. The minimum absolute atomic E-state index is 0.820. The van der Waals surface area contributed by atoms with Crippen molar-refractivity contribution in [2.45, 2.75) is 64.2 Å². The van der Waals surface area contributed by atoms with Crippen LogP contribution in [0.5, 0.6) is 0 Å². The Balaban J connectivity index is 1.77. The van der Waals surface area contributed by atoms with Crippen LogP contribution in [-0.4, -0.2) is 0 Å². The third kappa shape index (κ3) is 4.12. The minimum atomic E-state index is 0.820. The molecule has 100 valence electrons. The third-order valence-electron chi connectivity index (χ3n) is 4.40. The van der Waals surface area contributed by atoms with Crippen LogP contribution in [0.3, 0.4) is 0 Å². The first-order valence-corrected chi connectivity index (χ1v) is 8.34. The quantitative estimate of drug-likeness (QED) is 0.560. The van der Waals surface area contributed by atoms with E-state index in [4.69, 9.17) is 0 Å². The van der Waals surface area contributed by atoms with E-state index in [9.17, 15) is 0 Å². The average molecular weight is 309 g/mol. The van der Waals surface area contributed by atoms with Gasteiger partial charge >= 0.3 is 0 Å². The van der Waals surface area contributed by atoms with Gasteiger partial charge in [0, 0.05) is 4.47 Å². The van der Waals surface area contributed by atoms with Crippen molar-refractivity contribution < 1.29 is 0 Å². The molecule has 1 heteroatoms. The van der Waals surface area contributed by atoms with Gasteiger partial charge in [-0.25, -0.2) is 0 Å². The van der Waals surface area contributed by atoms with Gasteiger partial charge in [-0.15, -0.1) is 0 Å². The van der Waals surface area contributed by atoms with Crippen molar-refractivity contribution in [2.24, 2.45) is 5.92 Å². The molecule has 0 amide bonds. The van der Waals surface area contributed by atoms with Crippen LogP contribution in [0.1, 0.15) is 69.8 Å². The fourth-order valence-electron chi connectivity index (χ4n) is 3.20. The van der Waals surface area contributed by atoms with E-state index < -0.39 is 0 Å². The molecule has 0 saturated heterocycles. The van der Waals surface area contributed by atoms with E-state index in [-0.39, 0.29) is 0 Å². The zero-order valence-electron chi connectivity index (χ0n) is 11.5. The Labute approximate surface area is 120 Å². The summed E-state index contributed by atoms with van der Waals surface area (Å²) in [6.45, 7) is 2.30. The molecule has 0 nitrogen and oxygen atoms in total. The second-order valence-electron chi connectivity index (χ2n) is 5.76. The summed E-state index contributed by atoms with van der Waals surface area (Å²) in [6.07, 6.45) is 11.4. The van der Waals surface area contributed by atoms with Crippen molar-refractivity contribution in [1.29, 1.82) is 0 Å². The second-order valence-corrected chi connectivity index (χ2v) is 6.68. The summed E-state index contributed by atoms with van der Waals surface area (Å²) in [5.41, 5.74) is 1.55. The van der Waals surface area contributed by atoms with E-state index in [1.54, 1.807) is 5.56 Å². The first-order valence-electron chi connectivity index (χ1n) is 7.55. The smallest absolute Gasteiger partial charge is 0.0175 e. The largest absolute Gasteiger partial charge is 0.0654 e. The average Bonchev–Trinajstić information content (AvgIpc) is 2.41. The molecule has 0 aromatic heterocycles. The van der Waals surface area contributed by atoms with Crippen molar-refractivity contribution in [3.63, 3.8) is 0 Å². The lowest BCUT2D eigenvalue weighted by Crippen LogP contribution is -2.13. The molecule has 0 heterocycles. The minimum Gasteiger partial charge on any atom is -0.0654 e. The number of benzene rings is 1. The summed E-state index contributed by atoms with van der Waals surface area (Å²) in [5, 5.41) is 0. The number of hydrogen-bond acceptors (Lipinski definition) is 0. The van der Waals surface area contributed by atoms with E-state index >= 15 is 0 Å². The molecule has 1 aromatic carbocycles. The summed E-state index contributed by atoms with van der Waals surface area (Å²) < 4.78 is 1.19. The highest BCUT2D eigenvalue weighted by Gasteiger charge is 2.21. The Kier molecular flexibility index (Phi) is 5.75. The van der Waals surface area contributed by atoms with E-state index in [0.29, 0.717) is 0 Å². The number of rotatable bonds is 5. The molecular weight excluding hydrogens is 284 g/mol. The van der Waals surface area contributed by atoms with Gasteiger partial charge in [-0.3, -0.25) is 0 Å². The lowest BCUT2D eigenvalue weighted by atomic mass is 9.77. The molecule has 18 heavy (non-hydrogen) atoms. The molecule has 0 atom stereocenters. The molecule has 0 radical (unpaired) electrons. The lowest BCUT2D eigenvalue weighted by Gasteiger charge is -2.28. The normalized spacial score (nSPS) is 24.1. The zero-order chi connectivity index (χ0) is 12.8. The molecule has 1 aliphatic rings. The van der Waals surface area contributed by atoms with Crippen LogP contribution in [0, 0.1) is 5.92 Å².